The van der Waals surface area contributed by atoms with E-state index in [0.29, 0.717) is 12.0 Å². The van der Waals surface area contributed by atoms with Crippen molar-refractivity contribution < 1.29 is 0 Å². The zero-order valence-electron chi connectivity index (χ0n) is 12.1. The summed E-state index contributed by atoms with van der Waals surface area (Å²) in [5.41, 5.74) is 7.40. The quantitative estimate of drug-likeness (QED) is 0.850. The van der Waals surface area contributed by atoms with Gasteiger partial charge < -0.3 is 5.73 Å². The standard InChI is InChI=1S/C16H24BrClN2/c1-2-8-20-9-4-3-5-13(11-19)16(20)12-6-7-15(18)14(17)10-12/h6-7,10,13,16H,2-5,8-9,11,19H2,1H3. The first kappa shape index (κ1) is 16.3. The second kappa shape index (κ2) is 7.79. The normalized spacial score (nSPS) is 24.6. The number of halogens is 2. The highest BCUT2D eigenvalue weighted by Gasteiger charge is 2.30. The van der Waals surface area contributed by atoms with Gasteiger partial charge in [-0.2, -0.15) is 0 Å². The van der Waals surface area contributed by atoms with Crippen LogP contribution in [-0.4, -0.2) is 24.5 Å². The molecule has 0 spiro atoms. The summed E-state index contributed by atoms with van der Waals surface area (Å²) in [6.45, 7) is 5.32. The van der Waals surface area contributed by atoms with Crippen molar-refractivity contribution in [3.8, 4) is 0 Å². The predicted octanol–water partition coefficient (Wildman–Crippen LogP) is 4.61. The number of rotatable bonds is 4. The van der Waals surface area contributed by atoms with Crippen LogP contribution in [0, 0.1) is 5.92 Å². The first-order valence-electron chi connectivity index (χ1n) is 7.56. The Morgan fingerprint density at radius 1 is 1.40 bits per heavy atom. The van der Waals surface area contributed by atoms with E-state index in [-0.39, 0.29) is 0 Å². The number of nitrogens with two attached hydrogens (primary N) is 1. The van der Waals surface area contributed by atoms with Crippen molar-refractivity contribution in [2.24, 2.45) is 11.7 Å². The van der Waals surface area contributed by atoms with Gasteiger partial charge in [0.25, 0.3) is 0 Å². The van der Waals surface area contributed by atoms with Gasteiger partial charge in [-0.3, -0.25) is 4.90 Å². The lowest BCUT2D eigenvalue weighted by atomic mass is 9.89. The highest BCUT2D eigenvalue weighted by Crippen LogP contribution is 2.37. The van der Waals surface area contributed by atoms with Crippen LogP contribution in [-0.2, 0) is 0 Å². The van der Waals surface area contributed by atoms with Crippen LogP contribution in [0.4, 0.5) is 0 Å². The van der Waals surface area contributed by atoms with Gasteiger partial charge in [0.05, 0.1) is 5.02 Å². The summed E-state index contributed by atoms with van der Waals surface area (Å²) < 4.78 is 0.980. The molecule has 1 fully saturated rings. The van der Waals surface area contributed by atoms with Gasteiger partial charge in [-0.25, -0.2) is 0 Å². The molecule has 1 aliphatic heterocycles. The smallest absolute Gasteiger partial charge is 0.0548 e. The van der Waals surface area contributed by atoms with E-state index < -0.39 is 0 Å². The SMILES string of the molecule is CCCN1CCCCC(CN)C1c1ccc(Cl)c(Br)c1. The molecule has 20 heavy (non-hydrogen) atoms. The molecule has 2 nitrogen and oxygen atoms in total. The second-order valence-corrected chi connectivity index (χ2v) is 6.91. The van der Waals surface area contributed by atoms with Crippen LogP contribution in [0.2, 0.25) is 5.02 Å². The summed E-state index contributed by atoms with van der Waals surface area (Å²) in [6.07, 6.45) is 4.97. The summed E-state index contributed by atoms with van der Waals surface area (Å²) in [5.74, 6) is 0.539. The molecular weight excluding hydrogens is 336 g/mol. The van der Waals surface area contributed by atoms with E-state index in [1.807, 2.05) is 6.07 Å². The zero-order valence-corrected chi connectivity index (χ0v) is 14.5. The Balaban J connectivity index is 2.34. The average molecular weight is 360 g/mol. The molecule has 2 rings (SSSR count). The van der Waals surface area contributed by atoms with E-state index in [2.05, 4.69) is 39.9 Å². The minimum Gasteiger partial charge on any atom is -0.330 e. The molecule has 0 bridgehead atoms. The van der Waals surface area contributed by atoms with Gasteiger partial charge in [0.15, 0.2) is 0 Å². The summed E-state index contributed by atoms with van der Waals surface area (Å²) in [7, 11) is 0. The van der Waals surface area contributed by atoms with Gasteiger partial charge in [0.2, 0.25) is 0 Å². The fourth-order valence-electron chi connectivity index (χ4n) is 3.28. The van der Waals surface area contributed by atoms with E-state index >= 15 is 0 Å². The molecular formula is C16H24BrClN2. The van der Waals surface area contributed by atoms with E-state index in [9.17, 15) is 0 Å². The lowest BCUT2D eigenvalue weighted by Gasteiger charge is -2.35. The maximum absolute atomic E-state index is 6.13. The monoisotopic (exact) mass is 358 g/mol. The minimum atomic E-state index is 0.427. The summed E-state index contributed by atoms with van der Waals surface area (Å²) in [6, 6.07) is 6.75. The number of hydrogen-bond acceptors (Lipinski definition) is 2. The number of nitrogens with zero attached hydrogens (tertiary/aromatic N) is 1. The van der Waals surface area contributed by atoms with Crippen LogP contribution in [0.25, 0.3) is 0 Å². The Morgan fingerprint density at radius 2 is 2.20 bits per heavy atom. The average Bonchev–Trinajstić information content (AvgIpc) is 2.64. The molecule has 1 saturated heterocycles. The third-order valence-electron chi connectivity index (χ3n) is 4.21. The van der Waals surface area contributed by atoms with Crippen LogP contribution < -0.4 is 5.73 Å². The van der Waals surface area contributed by atoms with Gasteiger partial charge in [0, 0.05) is 10.5 Å². The van der Waals surface area contributed by atoms with E-state index in [1.165, 1.54) is 37.8 Å². The number of benzene rings is 1. The van der Waals surface area contributed by atoms with Crippen LogP contribution in [0.3, 0.4) is 0 Å². The molecule has 4 heteroatoms. The van der Waals surface area contributed by atoms with Crippen molar-refractivity contribution >= 4 is 27.5 Å². The lowest BCUT2D eigenvalue weighted by Crippen LogP contribution is -2.36. The van der Waals surface area contributed by atoms with Crippen molar-refractivity contribution in [3.63, 3.8) is 0 Å². The molecule has 112 valence electrons. The molecule has 0 aromatic heterocycles. The Bertz CT molecular complexity index is 438. The van der Waals surface area contributed by atoms with Crippen molar-refractivity contribution in [3.05, 3.63) is 33.3 Å². The van der Waals surface area contributed by atoms with Crippen LogP contribution >= 0.6 is 27.5 Å². The molecule has 2 N–H and O–H groups in total. The minimum absolute atomic E-state index is 0.427. The molecule has 0 saturated carbocycles. The molecule has 0 aliphatic carbocycles. The summed E-state index contributed by atoms with van der Waals surface area (Å²) in [4.78, 5) is 2.61. The molecule has 2 unspecified atom stereocenters. The van der Waals surface area contributed by atoms with E-state index in [4.69, 9.17) is 17.3 Å². The first-order valence-corrected chi connectivity index (χ1v) is 8.73. The fraction of sp³-hybridized carbons (Fsp3) is 0.625. The van der Waals surface area contributed by atoms with Gasteiger partial charge in [-0.15, -0.1) is 0 Å². The molecule has 1 aromatic rings. The Labute approximate surface area is 135 Å². The van der Waals surface area contributed by atoms with Crippen molar-refractivity contribution in [2.45, 2.75) is 38.6 Å². The van der Waals surface area contributed by atoms with Crippen molar-refractivity contribution in [1.82, 2.24) is 4.90 Å². The molecule has 1 aromatic carbocycles. The molecule has 0 radical (unpaired) electrons. The van der Waals surface area contributed by atoms with Gasteiger partial charge in [-0.1, -0.05) is 31.0 Å². The first-order chi connectivity index (χ1) is 9.67. The van der Waals surface area contributed by atoms with Crippen LogP contribution in [0.5, 0.6) is 0 Å². The molecule has 0 amide bonds. The third kappa shape index (κ3) is 3.76. The molecule has 2 atom stereocenters. The highest BCUT2D eigenvalue weighted by atomic mass is 79.9. The number of hydrogen-bond donors (Lipinski definition) is 1. The predicted molar refractivity (Wildman–Crippen MR) is 90.2 cm³/mol. The highest BCUT2D eigenvalue weighted by molar-refractivity contribution is 9.10. The Morgan fingerprint density at radius 3 is 2.85 bits per heavy atom. The second-order valence-electron chi connectivity index (χ2n) is 5.65. The maximum Gasteiger partial charge on any atom is 0.0548 e. The summed E-state index contributed by atoms with van der Waals surface area (Å²) >= 11 is 9.69. The molecule has 1 heterocycles. The largest absolute Gasteiger partial charge is 0.330 e. The van der Waals surface area contributed by atoms with Crippen LogP contribution in [0.15, 0.2) is 22.7 Å². The van der Waals surface area contributed by atoms with Gasteiger partial charge in [0.1, 0.15) is 0 Å². The van der Waals surface area contributed by atoms with Gasteiger partial charge >= 0.3 is 0 Å². The topological polar surface area (TPSA) is 29.3 Å². The zero-order chi connectivity index (χ0) is 14.5. The molecule has 1 aliphatic rings. The fourth-order valence-corrected chi connectivity index (χ4v) is 3.79. The third-order valence-corrected chi connectivity index (χ3v) is 5.42. The van der Waals surface area contributed by atoms with Gasteiger partial charge in [-0.05, 0) is 78.4 Å². The summed E-state index contributed by atoms with van der Waals surface area (Å²) in [5, 5.41) is 0.772. The lowest BCUT2D eigenvalue weighted by molar-refractivity contribution is 0.158. The van der Waals surface area contributed by atoms with E-state index in [1.54, 1.807) is 0 Å². The van der Waals surface area contributed by atoms with Crippen molar-refractivity contribution in [1.29, 1.82) is 0 Å². The van der Waals surface area contributed by atoms with E-state index in [0.717, 1.165) is 22.6 Å². The Kier molecular flexibility index (Phi) is 6.34. The maximum atomic E-state index is 6.13. The van der Waals surface area contributed by atoms with Crippen LogP contribution in [0.1, 0.15) is 44.2 Å². The number of likely N-dealkylation sites (tertiary alicyclic amines) is 1. The Hall–Kier alpha value is -0.0900. The van der Waals surface area contributed by atoms with Crippen molar-refractivity contribution in [2.75, 3.05) is 19.6 Å².